The van der Waals surface area contributed by atoms with Crippen molar-refractivity contribution in [2.24, 2.45) is 0 Å². The fraction of sp³-hybridized carbons (Fsp3) is 0.0222. The molecule has 0 radical (unpaired) electrons. The molecule has 0 bridgehead atoms. The number of aromatic nitrogens is 9. The van der Waals surface area contributed by atoms with Gasteiger partial charge in [0.1, 0.15) is 0 Å². The van der Waals surface area contributed by atoms with Crippen LogP contribution in [0.2, 0.25) is 5.28 Å². The number of nitrogens with zero attached hydrogens (tertiary/aromatic N) is 9. The van der Waals surface area contributed by atoms with Gasteiger partial charge in [-0.15, -0.1) is 0 Å². The van der Waals surface area contributed by atoms with Gasteiger partial charge in [-0.05, 0) is 214 Å². The molecule has 0 unspecified atom stereocenters. The highest BCUT2D eigenvalue weighted by atomic mass is 79.9. The van der Waals surface area contributed by atoms with Crippen molar-refractivity contribution in [2.75, 3.05) is 0 Å². The maximum absolute atomic E-state index is 6.14. The van der Waals surface area contributed by atoms with E-state index in [4.69, 9.17) is 26.6 Å². The van der Waals surface area contributed by atoms with Gasteiger partial charge in [0.2, 0.25) is 11.2 Å². The predicted molar refractivity (Wildman–Crippen MR) is 608 cm³/mol. The number of fused-ring (bicyclic) bond motifs is 21. The molecule has 0 saturated carbocycles. The third-order valence-electron chi connectivity index (χ3n) is 28.2. The summed E-state index contributed by atoms with van der Waals surface area (Å²) in [6.45, 7) is 0. The van der Waals surface area contributed by atoms with Crippen LogP contribution in [0.25, 0.3) is 217 Å². The number of benzene rings is 21. The molecule has 5 aromatic heterocycles. The number of halogens is 2. The third kappa shape index (κ3) is 17.3. The Morgan fingerprint density at radius 2 is 0.459 bits per heavy atom. The summed E-state index contributed by atoms with van der Waals surface area (Å²) in [6, 6.07) is 181. The molecular weight excluding hydrogens is 1860 g/mol. The van der Waals surface area contributed by atoms with Crippen molar-refractivity contribution in [3.05, 3.63) is 559 Å². The van der Waals surface area contributed by atoms with Crippen LogP contribution in [0.3, 0.4) is 0 Å². The highest BCUT2D eigenvalue weighted by Crippen LogP contribution is 2.50. The van der Waals surface area contributed by atoms with Crippen molar-refractivity contribution in [2.45, 2.75) is 19.3 Å². The molecule has 0 atom stereocenters. The molecule has 146 heavy (non-hydrogen) atoms. The SMILES string of the molecule is Brc1cccc(-c2ccccc2)c1.Clc1nc(-c2ccccc2)nc(-c2cccc(-c3ccccc3)c2)n1.c1ccc(-c2cccc(-c3nc(-c4ccccc4)nc(-n4c5ccccc5c5ccc6c7ccccc7n(-c7cccc(-c8ccccc8)c7)c6c54)n3)c2)cc1.c1ccc(-c2cccc(-n3c4ccccc4c4ccc5c(c43)Cc3ccccc3-5)c2)cc1.c1ccc2c(c1)Cc1c-2ccc2c1Cc1ccccc1-2. The summed E-state index contributed by atoms with van der Waals surface area (Å²) in [7, 11) is 0. The van der Waals surface area contributed by atoms with Crippen LogP contribution in [0, 0.1) is 0 Å². The van der Waals surface area contributed by atoms with Crippen molar-refractivity contribution in [1.82, 2.24) is 43.6 Å². The van der Waals surface area contributed by atoms with Gasteiger partial charge in [-0.25, -0.2) is 9.97 Å². The summed E-state index contributed by atoms with van der Waals surface area (Å²) in [5.74, 6) is 2.93. The van der Waals surface area contributed by atoms with Crippen LogP contribution >= 0.6 is 27.5 Å². The van der Waals surface area contributed by atoms with Crippen LogP contribution < -0.4 is 0 Å². The van der Waals surface area contributed by atoms with Crippen molar-refractivity contribution < 1.29 is 0 Å². The summed E-state index contributed by atoms with van der Waals surface area (Å²) in [4.78, 5) is 29.0. The average molecular weight is 1950 g/mol. The van der Waals surface area contributed by atoms with E-state index in [9.17, 15) is 0 Å². The zero-order valence-corrected chi connectivity index (χ0v) is 81.8. The number of rotatable bonds is 12. The lowest BCUT2D eigenvalue weighted by molar-refractivity contribution is 0.953. The molecule has 0 saturated heterocycles. The highest BCUT2D eigenvalue weighted by molar-refractivity contribution is 9.10. The van der Waals surface area contributed by atoms with E-state index in [2.05, 4.69) is 457 Å². The molecular formula is C135H91BrClN9. The molecule has 21 aromatic carbocycles. The van der Waals surface area contributed by atoms with Crippen molar-refractivity contribution >= 4 is 92.9 Å². The first kappa shape index (κ1) is 89.2. The minimum Gasteiger partial charge on any atom is -0.309 e. The molecule has 29 rings (SSSR count). The second-order valence-corrected chi connectivity index (χ2v) is 38.1. The fourth-order valence-corrected chi connectivity index (χ4v) is 22.0. The Bertz CT molecular complexity index is 9340. The van der Waals surface area contributed by atoms with Gasteiger partial charge in [-0.2, -0.15) is 19.9 Å². The lowest BCUT2D eigenvalue weighted by Crippen LogP contribution is -2.07. The van der Waals surface area contributed by atoms with Gasteiger partial charge in [-0.1, -0.05) is 465 Å². The van der Waals surface area contributed by atoms with Gasteiger partial charge in [0.05, 0.1) is 33.1 Å². The molecule has 0 fully saturated rings. The van der Waals surface area contributed by atoms with Crippen LogP contribution in [-0.2, 0) is 19.3 Å². The van der Waals surface area contributed by atoms with Crippen molar-refractivity contribution in [1.29, 1.82) is 0 Å². The molecule has 0 amide bonds. The van der Waals surface area contributed by atoms with Gasteiger partial charge in [0.25, 0.3) is 0 Å². The van der Waals surface area contributed by atoms with Gasteiger partial charge in [0, 0.05) is 76.8 Å². The Labute approximate surface area is 859 Å². The molecule has 3 aliphatic rings. The topological polar surface area (TPSA) is 92.1 Å². The molecule has 0 N–H and O–H groups in total. The largest absolute Gasteiger partial charge is 0.309 e. The molecule has 3 aliphatic carbocycles. The van der Waals surface area contributed by atoms with Crippen LogP contribution in [0.15, 0.2) is 520 Å². The van der Waals surface area contributed by atoms with E-state index in [1.165, 1.54) is 116 Å². The first-order chi connectivity index (χ1) is 72.2. The molecule has 690 valence electrons. The van der Waals surface area contributed by atoms with E-state index in [1.807, 2.05) is 103 Å². The summed E-state index contributed by atoms with van der Waals surface area (Å²) >= 11 is 9.60. The van der Waals surface area contributed by atoms with Gasteiger partial charge in [-0.3, -0.25) is 4.57 Å². The van der Waals surface area contributed by atoms with E-state index in [0.717, 1.165) is 118 Å². The van der Waals surface area contributed by atoms with Crippen LogP contribution in [0.1, 0.15) is 33.4 Å². The summed E-state index contributed by atoms with van der Waals surface area (Å²) in [5, 5.41) is 7.44. The first-order valence-corrected chi connectivity index (χ1v) is 50.5. The Kier molecular flexibility index (Phi) is 24.0. The Balaban J connectivity index is 0.000000104. The molecule has 0 aliphatic heterocycles. The number of hydrogen-bond donors (Lipinski definition) is 0. The zero-order chi connectivity index (χ0) is 97.3. The van der Waals surface area contributed by atoms with Crippen LogP contribution in [0.4, 0.5) is 0 Å². The van der Waals surface area contributed by atoms with E-state index >= 15 is 0 Å². The minimum atomic E-state index is 0.189. The Morgan fingerprint density at radius 1 is 0.185 bits per heavy atom. The maximum Gasteiger partial charge on any atom is 0.238 e. The Morgan fingerprint density at radius 3 is 0.877 bits per heavy atom. The molecule has 9 nitrogen and oxygen atoms in total. The fourth-order valence-electron chi connectivity index (χ4n) is 21.4. The maximum atomic E-state index is 6.14. The van der Waals surface area contributed by atoms with Gasteiger partial charge >= 0.3 is 0 Å². The quantitative estimate of drug-likeness (QED) is 0.121. The Hall–Kier alpha value is -18.2. The number of para-hydroxylation sites is 3. The lowest BCUT2D eigenvalue weighted by atomic mass is 9.96. The normalized spacial score (nSPS) is 11.7. The van der Waals surface area contributed by atoms with E-state index in [-0.39, 0.29) is 5.28 Å². The van der Waals surface area contributed by atoms with Crippen LogP contribution in [0.5, 0.6) is 0 Å². The van der Waals surface area contributed by atoms with Crippen LogP contribution in [-0.4, -0.2) is 43.6 Å². The van der Waals surface area contributed by atoms with Gasteiger partial charge < -0.3 is 9.13 Å². The summed E-state index contributed by atoms with van der Waals surface area (Å²) in [5.41, 5.74) is 42.1. The summed E-state index contributed by atoms with van der Waals surface area (Å²) in [6.07, 6.45) is 3.18. The van der Waals surface area contributed by atoms with E-state index in [0.29, 0.717) is 29.2 Å². The lowest BCUT2D eigenvalue weighted by Gasteiger charge is -2.14. The zero-order valence-electron chi connectivity index (χ0n) is 79.5. The van der Waals surface area contributed by atoms with Crippen molar-refractivity contribution in [3.8, 4) is 152 Å². The number of hydrogen-bond acceptors (Lipinski definition) is 6. The first-order valence-electron chi connectivity index (χ1n) is 49.4. The standard InChI is InChI=1S/C51H33N5.C31H21N.C21H14ClN3.C20H14.C12H9Br/c1-4-16-34(17-5-1)37-22-14-24-39(32-37)50-52-49(36-20-8-3-9-21-36)53-51(54-50)56-46-29-13-11-27-42(46)44-31-30-43-41-26-10-12-28-45(41)55(47(43)48(44)56)40-25-15-23-38(33-40)35-18-6-2-7-19-35;1-2-9-21(10-3-1)22-12-8-13-24(19-22)32-30-16-7-6-15-27(30)28-18-17-26-25-14-5-4-11-23(25)20-29(26)31(28)32;22-21-24-19(16-10-5-2-6-11-16)23-20(25-21)18-13-7-12-17(14-18)15-8-3-1-4-9-15;1-3-7-15-13(5-1)11-19-17(15)9-10-18-16-8-4-2-6-14(16)12-20(18)19;13-12-8-4-7-11(9-12)10-5-2-1-3-6-10/h1-33H;1-19H,20H2;1-14H;1-10H,11-12H2;1-9H. The minimum absolute atomic E-state index is 0.189. The molecule has 0 spiro atoms. The smallest absolute Gasteiger partial charge is 0.238 e. The van der Waals surface area contributed by atoms with Crippen molar-refractivity contribution in [3.63, 3.8) is 0 Å². The average Bonchev–Trinajstić information content (AvgIpc) is 1.50. The van der Waals surface area contributed by atoms with E-state index in [1.54, 1.807) is 11.1 Å². The molecule has 11 heteroatoms. The van der Waals surface area contributed by atoms with E-state index < -0.39 is 0 Å². The predicted octanol–water partition coefficient (Wildman–Crippen LogP) is 35.2. The molecule has 5 heterocycles. The second kappa shape index (κ2) is 39.4. The second-order valence-electron chi connectivity index (χ2n) is 36.9. The monoisotopic (exact) mass is 1950 g/mol. The highest BCUT2D eigenvalue weighted by Gasteiger charge is 2.31. The summed E-state index contributed by atoms with van der Waals surface area (Å²) < 4.78 is 8.26. The molecule has 26 aromatic rings. The van der Waals surface area contributed by atoms with Gasteiger partial charge in [0.15, 0.2) is 23.3 Å². The third-order valence-corrected chi connectivity index (χ3v) is 28.8.